The summed E-state index contributed by atoms with van der Waals surface area (Å²) in [5.74, 6) is 0.474. The number of nitrogens with one attached hydrogen (secondary N) is 2. The Morgan fingerprint density at radius 2 is 1.83 bits per heavy atom. The van der Waals surface area contributed by atoms with E-state index in [4.69, 9.17) is 17.0 Å². The number of piperidine rings is 1. The second kappa shape index (κ2) is 9.94. The van der Waals surface area contributed by atoms with Gasteiger partial charge < -0.3 is 20.3 Å². The molecule has 2 aromatic carbocycles. The van der Waals surface area contributed by atoms with E-state index in [-0.39, 0.29) is 12.0 Å². The third-order valence-corrected chi connectivity index (χ3v) is 6.10. The zero-order valence-electron chi connectivity index (χ0n) is 18.2. The van der Waals surface area contributed by atoms with Crippen molar-refractivity contribution < 1.29 is 9.53 Å². The molecule has 0 amide bonds. The van der Waals surface area contributed by atoms with Crippen LogP contribution in [-0.2, 0) is 4.74 Å². The van der Waals surface area contributed by atoms with Gasteiger partial charge in [-0.1, -0.05) is 25.1 Å². The standard InChI is InChI=1S/C24H31N3O2S/c1-16-12-14-27(15-13-16)20-10-8-19(9-11-20)18(3)25-24(30)26-22-7-5-6-21(17(22)2)23(28)29-4/h5-11,16,18H,12-15H2,1-4H3,(H2,25,26,30)/t18-/m1/s1. The molecule has 0 saturated carbocycles. The molecule has 1 atom stereocenters. The summed E-state index contributed by atoms with van der Waals surface area (Å²) < 4.78 is 4.84. The Bertz CT molecular complexity index is 890. The quantitative estimate of drug-likeness (QED) is 0.516. The molecule has 0 aliphatic carbocycles. The molecule has 1 fully saturated rings. The van der Waals surface area contributed by atoms with E-state index < -0.39 is 0 Å². The molecule has 6 heteroatoms. The van der Waals surface area contributed by atoms with E-state index in [2.05, 4.69) is 53.6 Å². The molecule has 2 N–H and O–H groups in total. The van der Waals surface area contributed by atoms with E-state index in [1.54, 1.807) is 6.07 Å². The highest BCUT2D eigenvalue weighted by atomic mass is 32.1. The van der Waals surface area contributed by atoms with Gasteiger partial charge in [-0.15, -0.1) is 0 Å². The smallest absolute Gasteiger partial charge is 0.338 e. The van der Waals surface area contributed by atoms with Gasteiger partial charge in [-0.3, -0.25) is 0 Å². The molecular formula is C24H31N3O2S. The van der Waals surface area contributed by atoms with Gasteiger partial charge >= 0.3 is 5.97 Å². The number of rotatable bonds is 5. The Morgan fingerprint density at radius 1 is 1.17 bits per heavy atom. The van der Waals surface area contributed by atoms with Gasteiger partial charge in [0.05, 0.1) is 18.7 Å². The number of nitrogens with zero attached hydrogens (tertiary/aromatic N) is 1. The number of anilines is 2. The van der Waals surface area contributed by atoms with E-state index in [0.29, 0.717) is 10.7 Å². The minimum atomic E-state index is -0.355. The van der Waals surface area contributed by atoms with Gasteiger partial charge in [0, 0.05) is 24.5 Å². The van der Waals surface area contributed by atoms with Crippen molar-refractivity contribution in [1.29, 1.82) is 0 Å². The third kappa shape index (κ3) is 5.30. The fraction of sp³-hybridized carbons (Fsp3) is 0.417. The number of esters is 1. The molecule has 0 aromatic heterocycles. The Balaban J connectivity index is 1.60. The Kier molecular flexibility index (Phi) is 7.32. The largest absolute Gasteiger partial charge is 0.465 e. The first-order chi connectivity index (χ1) is 14.4. The Hall–Kier alpha value is -2.60. The lowest BCUT2D eigenvalue weighted by Gasteiger charge is -2.32. The van der Waals surface area contributed by atoms with Crippen LogP contribution in [-0.4, -0.2) is 31.3 Å². The minimum Gasteiger partial charge on any atom is -0.465 e. The molecule has 0 radical (unpaired) electrons. The van der Waals surface area contributed by atoms with Crippen molar-refractivity contribution in [2.24, 2.45) is 5.92 Å². The molecule has 0 spiro atoms. The first-order valence-corrected chi connectivity index (χ1v) is 10.9. The topological polar surface area (TPSA) is 53.6 Å². The van der Waals surface area contributed by atoms with Crippen LogP contribution in [0.3, 0.4) is 0 Å². The van der Waals surface area contributed by atoms with Gasteiger partial charge in [0.1, 0.15) is 0 Å². The maximum Gasteiger partial charge on any atom is 0.338 e. The third-order valence-electron chi connectivity index (χ3n) is 5.88. The van der Waals surface area contributed by atoms with E-state index >= 15 is 0 Å². The Labute approximate surface area is 184 Å². The number of carbonyl (C=O) groups is 1. The van der Waals surface area contributed by atoms with Crippen molar-refractivity contribution >= 4 is 34.7 Å². The number of thiocarbonyl (C=S) groups is 1. The van der Waals surface area contributed by atoms with Gasteiger partial charge in [-0.2, -0.15) is 0 Å². The van der Waals surface area contributed by atoms with Gasteiger partial charge in [0.15, 0.2) is 5.11 Å². The van der Waals surface area contributed by atoms with Crippen LogP contribution in [0, 0.1) is 12.8 Å². The molecular weight excluding hydrogens is 394 g/mol. The van der Waals surface area contributed by atoms with Crippen LogP contribution in [0.5, 0.6) is 0 Å². The van der Waals surface area contributed by atoms with E-state index in [9.17, 15) is 4.79 Å². The monoisotopic (exact) mass is 425 g/mol. The lowest BCUT2D eigenvalue weighted by atomic mass is 9.98. The summed E-state index contributed by atoms with van der Waals surface area (Å²) in [6, 6.07) is 14.2. The predicted molar refractivity (Wildman–Crippen MR) is 127 cm³/mol. The van der Waals surface area contributed by atoms with Gasteiger partial charge in [-0.05, 0) is 80.2 Å². The highest BCUT2D eigenvalue weighted by molar-refractivity contribution is 7.80. The summed E-state index contributed by atoms with van der Waals surface area (Å²) in [6.45, 7) is 8.56. The number of benzene rings is 2. The van der Waals surface area contributed by atoms with Crippen LogP contribution < -0.4 is 15.5 Å². The van der Waals surface area contributed by atoms with Crippen molar-refractivity contribution in [3.05, 3.63) is 59.2 Å². The highest BCUT2D eigenvalue weighted by Gasteiger charge is 2.17. The average molecular weight is 426 g/mol. The van der Waals surface area contributed by atoms with Crippen molar-refractivity contribution in [2.75, 3.05) is 30.4 Å². The molecule has 3 rings (SSSR count). The summed E-state index contributed by atoms with van der Waals surface area (Å²) in [4.78, 5) is 14.4. The summed E-state index contributed by atoms with van der Waals surface area (Å²) in [5.41, 5.74) is 4.58. The molecule has 1 heterocycles. The highest BCUT2D eigenvalue weighted by Crippen LogP contribution is 2.25. The number of hydrogen-bond donors (Lipinski definition) is 2. The lowest BCUT2D eigenvalue weighted by Crippen LogP contribution is -2.33. The van der Waals surface area contributed by atoms with Crippen LogP contribution in [0.1, 0.15) is 54.2 Å². The summed E-state index contributed by atoms with van der Waals surface area (Å²) in [6.07, 6.45) is 2.52. The SMILES string of the molecule is COC(=O)c1cccc(NC(=S)N[C@H](C)c2ccc(N3CCC(C)CC3)cc2)c1C. The molecule has 1 aliphatic heterocycles. The molecule has 0 bridgehead atoms. The van der Waals surface area contributed by atoms with Crippen molar-refractivity contribution in [1.82, 2.24) is 5.32 Å². The summed E-state index contributed by atoms with van der Waals surface area (Å²) >= 11 is 5.50. The molecule has 0 unspecified atom stereocenters. The fourth-order valence-corrected chi connectivity index (χ4v) is 4.07. The van der Waals surface area contributed by atoms with Gasteiger partial charge in [0.25, 0.3) is 0 Å². The van der Waals surface area contributed by atoms with E-state index in [1.807, 2.05) is 19.1 Å². The fourth-order valence-electron chi connectivity index (χ4n) is 3.78. The van der Waals surface area contributed by atoms with Crippen LogP contribution in [0.2, 0.25) is 0 Å². The van der Waals surface area contributed by atoms with Crippen LogP contribution >= 0.6 is 12.2 Å². The molecule has 2 aromatic rings. The average Bonchev–Trinajstić information content (AvgIpc) is 2.75. The van der Waals surface area contributed by atoms with Gasteiger partial charge in [0.2, 0.25) is 0 Å². The summed E-state index contributed by atoms with van der Waals surface area (Å²) in [5, 5.41) is 7.05. The first-order valence-electron chi connectivity index (χ1n) is 10.5. The van der Waals surface area contributed by atoms with Crippen molar-refractivity contribution in [3.63, 3.8) is 0 Å². The van der Waals surface area contributed by atoms with Crippen molar-refractivity contribution in [2.45, 2.75) is 39.7 Å². The Morgan fingerprint density at radius 3 is 2.47 bits per heavy atom. The van der Waals surface area contributed by atoms with Crippen molar-refractivity contribution in [3.8, 4) is 0 Å². The molecule has 1 saturated heterocycles. The maximum absolute atomic E-state index is 11.9. The number of ether oxygens (including phenoxy) is 1. The zero-order valence-corrected chi connectivity index (χ0v) is 19.0. The minimum absolute atomic E-state index is 0.0597. The van der Waals surface area contributed by atoms with E-state index in [1.165, 1.54) is 31.2 Å². The van der Waals surface area contributed by atoms with E-state index in [0.717, 1.165) is 30.3 Å². The maximum atomic E-state index is 11.9. The molecule has 5 nitrogen and oxygen atoms in total. The molecule has 30 heavy (non-hydrogen) atoms. The predicted octanol–water partition coefficient (Wildman–Crippen LogP) is 5.07. The molecule has 160 valence electrons. The first kappa shape index (κ1) is 22.1. The number of carbonyl (C=O) groups excluding carboxylic acids is 1. The van der Waals surface area contributed by atoms with Gasteiger partial charge in [-0.25, -0.2) is 4.79 Å². The number of hydrogen-bond acceptors (Lipinski definition) is 4. The second-order valence-electron chi connectivity index (χ2n) is 8.05. The lowest BCUT2D eigenvalue weighted by molar-refractivity contribution is 0.0600. The normalized spacial score (nSPS) is 15.4. The second-order valence-corrected chi connectivity index (χ2v) is 8.46. The van der Waals surface area contributed by atoms with Crippen LogP contribution in [0.4, 0.5) is 11.4 Å². The van der Waals surface area contributed by atoms with Crippen LogP contribution in [0.15, 0.2) is 42.5 Å². The zero-order chi connectivity index (χ0) is 21.7. The number of methoxy groups -OCH3 is 1. The summed E-state index contributed by atoms with van der Waals surface area (Å²) in [7, 11) is 1.38. The molecule has 1 aliphatic rings. The van der Waals surface area contributed by atoms with Crippen LogP contribution in [0.25, 0.3) is 0 Å².